The van der Waals surface area contributed by atoms with Crippen LogP contribution in [0.25, 0.3) is 11.0 Å². The number of aryl methyl sites for hydroxylation is 1. The molecule has 3 fully saturated rings. The molecule has 3 aliphatic rings. The number of nitrogens with one attached hydrogen (secondary N) is 2. The van der Waals surface area contributed by atoms with Gasteiger partial charge in [0.15, 0.2) is 17.5 Å². The van der Waals surface area contributed by atoms with Crippen molar-refractivity contribution >= 4 is 81.0 Å². The molecule has 0 aromatic carbocycles. The molecule has 20 heteroatoms. The minimum Gasteiger partial charge on any atom is -0.458 e. The molecular formula is C48H69Cl2N7O10S. The van der Waals surface area contributed by atoms with Gasteiger partial charge in [-0.15, -0.1) is 11.8 Å². The molecule has 0 aliphatic carbocycles. The zero-order valence-corrected chi connectivity index (χ0v) is 43.5. The molecule has 3 aromatic rings. The summed E-state index contributed by atoms with van der Waals surface area (Å²) in [5.74, 6) is -4.27. The molecule has 17 nitrogen and oxygen atoms in total. The summed E-state index contributed by atoms with van der Waals surface area (Å²) in [6.45, 7) is 17.7. The molecule has 0 bridgehead atoms. The molecule has 3 aliphatic heterocycles. The van der Waals surface area contributed by atoms with Crippen LogP contribution in [0.2, 0.25) is 10.0 Å². The van der Waals surface area contributed by atoms with Crippen LogP contribution in [0.15, 0.2) is 24.8 Å². The third-order valence-electron chi connectivity index (χ3n) is 14.3. The topological polar surface area (TPSA) is 206 Å². The second-order valence-electron chi connectivity index (χ2n) is 19.4. The third kappa shape index (κ3) is 11.0. The molecule has 3 aromatic heterocycles. The Morgan fingerprint density at radius 3 is 2.32 bits per heavy atom. The van der Waals surface area contributed by atoms with E-state index < -0.39 is 82.6 Å². The number of fused-ring (bicyclic) bond motifs is 2. The highest BCUT2D eigenvalue weighted by Gasteiger charge is 2.61. The highest BCUT2D eigenvalue weighted by atomic mass is 35.5. The Balaban J connectivity index is 1.28. The quantitative estimate of drug-likeness (QED) is 0.114. The van der Waals surface area contributed by atoms with Crippen molar-refractivity contribution in [2.24, 2.45) is 29.6 Å². The SMILES string of the molecule is CC[C@H]1OC(=O)C(C)C[C@H](C)[C@@H](O[C@@H]2O[C@H](C)CC(N(C)C)[C@H]2O)C(C)(OC)C[C@@H](C)C(=O)[C@H](C)[C@H]2[C@H](SCCNc3c(C(=O)Nc4c(Cl)cncc4Cl)cnc4c3cnn4CC)C(=O)OC21C. The summed E-state index contributed by atoms with van der Waals surface area (Å²) in [5.41, 5.74) is -1.01. The molecular weight excluding hydrogens is 938 g/mol. The number of anilines is 2. The average molecular weight is 1010 g/mol. The largest absolute Gasteiger partial charge is 0.458 e. The van der Waals surface area contributed by atoms with Crippen molar-refractivity contribution in [3.8, 4) is 0 Å². The number of Topliss-reactive ketones (excluding diaryl/α,β-unsaturated/α-hetero) is 1. The first-order valence-corrected chi connectivity index (χ1v) is 25.4. The number of carbonyl (C=O) groups is 4. The van der Waals surface area contributed by atoms with Crippen LogP contribution in [-0.2, 0) is 44.6 Å². The standard InChI is InChI=1S/C48H69Cl2N7O10S/c1-13-34-48(9)35(28(7)38(58)26(5)19-47(8,63-12)41(24(3)17-25(4)44(61)65-34)66-46-39(59)33(56(10)11)18-27(6)64-46)40(45(62)67-48)68-16-15-52-36-29-21-54-57(14-2)42(29)53-20-30(36)43(60)55-37-31(49)22-51-23-32(37)50/h20-28,33-35,39-41,46,59H,13-19H2,1-12H3,(H,52,53)(H,51,55,60)/t24-,25?,26+,27+,28+,33?,34+,35-,39+,40-,41+,46-,47?,48?/m0/s1. The fourth-order valence-electron chi connectivity index (χ4n) is 10.7. The Morgan fingerprint density at radius 2 is 1.69 bits per heavy atom. The van der Waals surface area contributed by atoms with Crippen molar-refractivity contribution < 1.29 is 48.0 Å². The van der Waals surface area contributed by atoms with Crippen molar-refractivity contribution in [3.63, 3.8) is 0 Å². The molecule has 0 radical (unpaired) electrons. The Bertz CT molecular complexity index is 2290. The molecule has 3 N–H and O–H groups in total. The average Bonchev–Trinajstić information content (AvgIpc) is 3.83. The fourth-order valence-corrected chi connectivity index (χ4v) is 12.5. The molecule has 0 saturated carbocycles. The van der Waals surface area contributed by atoms with Crippen molar-refractivity contribution in [1.29, 1.82) is 0 Å². The second-order valence-corrected chi connectivity index (χ2v) is 21.5. The summed E-state index contributed by atoms with van der Waals surface area (Å²) >= 11 is 14.0. The van der Waals surface area contributed by atoms with E-state index >= 15 is 0 Å². The first-order chi connectivity index (χ1) is 32.1. The Kier molecular flexibility index (Phi) is 17.5. The van der Waals surface area contributed by atoms with Crippen LogP contribution in [0.5, 0.6) is 0 Å². The van der Waals surface area contributed by atoms with Gasteiger partial charge in [-0.05, 0) is 73.4 Å². The first kappa shape index (κ1) is 53.7. The summed E-state index contributed by atoms with van der Waals surface area (Å²) in [6, 6.07) is -0.223. The molecule has 3 saturated heterocycles. The summed E-state index contributed by atoms with van der Waals surface area (Å²) in [4.78, 5) is 67.7. The smallest absolute Gasteiger partial charge is 0.320 e. The molecule has 6 heterocycles. The van der Waals surface area contributed by atoms with Crippen molar-refractivity contribution in [1.82, 2.24) is 24.6 Å². The third-order valence-corrected chi connectivity index (χ3v) is 16.1. The molecule has 376 valence electrons. The van der Waals surface area contributed by atoms with Gasteiger partial charge in [-0.2, -0.15) is 5.10 Å². The predicted molar refractivity (Wildman–Crippen MR) is 262 cm³/mol. The molecule has 4 unspecified atom stereocenters. The summed E-state index contributed by atoms with van der Waals surface area (Å²) in [6.07, 6.45) is 3.59. The number of nitrogens with zero attached hydrogens (tertiary/aromatic N) is 5. The monoisotopic (exact) mass is 1010 g/mol. The van der Waals surface area contributed by atoms with E-state index in [1.54, 1.807) is 31.8 Å². The van der Waals surface area contributed by atoms with Crippen LogP contribution in [-0.4, -0.2) is 140 Å². The number of carbonyl (C=O) groups excluding carboxylic acids is 4. The van der Waals surface area contributed by atoms with E-state index in [9.17, 15) is 24.3 Å². The lowest BCUT2D eigenvalue weighted by atomic mass is 9.70. The van der Waals surface area contributed by atoms with Gasteiger partial charge in [-0.3, -0.25) is 24.2 Å². The van der Waals surface area contributed by atoms with E-state index in [1.807, 2.05) is 67.5 Å². The number of methoxy groups -OCH3 is 1. The number of thioether (sulfide) groups is 1. The highest BCUT2D eigenvalue weighted by molar-refractivity contribution is 8.00. The highest BCUT2D eigenvalue weighted by Crippen LogP contribution is 2.49. The zero-order chi connectivity index (χ0) is 50.0. The van der Waals surface area contributed by atoms with E-state index in [2.05, 4.69) is 25.7 Å². The molecule has 68 heavy (non-hydrogen) atoms. The van der Waals surface area contributed by atoms with E-state index in [1.165, 1.54) is 30.4 Å². The van der Waals surface area contributed by atoms with Gasteiger partial charge in [-0.25, -0.2) is 9.67 Å². The number of halogens is 2. The van der Waals surface area contributed by atoms with Crippen LogP contribution in [0.4, 0.5) is 11.4 Å². The number of ether oxygens (including phenoxy) is 5. The Hall–Kier alpha value is -3.62. The van der Waals surface area contributed by atoms with E-state index in [0.29, 0.717) is 48.3 Å². The van der Waals surface area contributed by atoms with Crippen molar-refractivity contribution in [2.45, 2.75) is 148 Å². The van der Waals surface area contributed by atoms with E-state index in [-0.39, 0.29) is 58.1 Å². The summed E-state index contributed by atoms with van der Waals surface area (Å²) in [7, 11) is 5.40. The number of aromatic nitrogens is 4. The van der Waals surface area contributed by atoms with Crippen molar-refractivity contribution in [2.75, 3.05) is 44.1 Å². The number of amides is 1. The van der Waals surface area contributed by atoms with Gasteiger partial charge >= 0.3 is 11.9 Å². The summed E-state index contributed by atoms with van der Waals surface area (Å²) < 4.78 is 33.7. The molecule has 14 atom stereocenters. The van der Waals surface area contributed by atoms with Crippen molar-refractivity contribution in [3.05, 3.63) is 40.4 Å². The van der Waals surface area contributed by atoms with Gasteiger partial charge in [-0.1, -0.05) is 57.8 Å². The van der Waals surface area contributed by atoms with E-state index in [4.69, 9.17) is 46.9 Å². The van der Waals surface area contributed by atoms with Crippen LogP contribution in [0.1, 0.15) is 98.4 Å². The maximum absolute atomic E-state index is 15.0. The first-order valence-electron chi connectivity index (χ1n) is 23.6. The lowest BCUT2D eigenvalue weighted by molar-refractivity contribution is -0.297. The van der Waals surface area contributed by atoms with Gasteiger partial charge in [0.2, 0.25) is 0 Å². The fraction of sp³-hybridized carbons (Fsp3) is 0.688. The Morgan fingerprint density at radius 1 is 1.00 bits per heavy atom. The predicted octanol–water partition coefficient (Wildman–Crippen LogP) is 7.30. The minimum atomic E-state index is -1.35. The van der Waals surface area contributed by atoms with E-state index in [0.717, 1.165) is 0 Å². The van der Waals surface area contributed by atoms with Crippen LogP contribution in [0.3, 0.4) is 0 Å². The van der Waals surface area contributed by atoms with Gasteiger partial charge in [0.1, 0.15) is 23.2 Å². The number of hydrogen-bond donors (Lipinski definition) is 3. The van der Waals surface area contributed by atoms with Gasteiger partial charge < -0.3 is 44.3 Å². The van der Waals surface area contributed by atoms with Crippen LogP contribution < -0.4 is 10.6 Å². The van der Waals surface area contributed by atoms with Gasteiger partial charge in [0.05, 0.1) is 62.3 Å². The summed E-state index contributed by atoms with van der Waals surface area (Å²) in [5, 5.41) is 22.3. The number of likely N-dealkylation sites (N-methyl/N-ethyl adjacent to an activating group) is 1. The lowest BCUT2D eigenvalue weighted by Crippen LogP contribution is -2.58. The molecule has 0 spiro atoms. The number of rotatable bonds is 13. The number of hydrogen-bond acceptors (Lipinski definition) is 16. The zero-order valence-electron chi connectivity index (χ0n) is 41.2. The second kappa shape index (κ2) is 22.2. The molecule has 6 rings (SSSR count). The normalized spacial score (nSPS) is 34.0. The Labute approximate surface area is 413 Å². The lowest BCUT2D eigenvalue weighted by Gasteiger charge is -2.47. The number of ketones is 1. The van der Waals surface area contributed by atoms with Crippen LogP contribution in [0, 0.1) is 29.6 Å². The number of esters is 2. The number of aliphatic hydroxyl groups excluding tert-OH is 1. The van der Waals surface area contributed by atoms with Gasteiger partial charge in [0.25, 0.3) is 5.91 Å². The van der Waals surface area contributed by atoms with Gasteiger partial charge in [0, 0.05) is 68.3 Å². The number of aliphatic hydroxyl groups is 1. The maximum atomic E-state index is 15.0. The molecule has 1 amide bonds. The number of cyclic esters (lactones) is 1. The minimum absolute atomic E-state index is 0.114. The maximum Gasteiger partial charge on any atom is 0.320 e. The number of pyridine rings is 2. The van der Waals surface area contributed by atoms with Crippen LogP contribution >= 0.6 is 35.0 Å².